The maximum absolute atomic E-state index is 13.7. The fraction of sp³-hybridized carbons (Fsp3) is 0.600. The van der Waals surface area contributed by atoms with Gasteiger partial charge in [0.25, 0.3) is 0 Å². The number of hydrogen-bond donors (Lipinski definition) is 5. The van der Waals surface area contributed by atoms with Gasteiger partial charge in [-0.1, -0.05) is 82.1 Å². The van der Waals surface area contributed by atoms with Crippen molar-refractivity contribution >= 4 is 12.0 Å². The van der Waals surface area contributed by atoms with Gasteiger partial charge < -0.3 is 34.7 Å². The maximum Gasteiger partial charge on any atom is 0.334 e. The summed E-state index contributed by atoms with van der Waals surface area (Å²) >= 11 is 0. The Hall–Kier alpha value is -2.82. The maximum atomic E-state index is 13.7. The number of carbonyl (C=O) groups is 1. The number of rotatable bonds is 10. The quantitative estimate of drug-likeness (QED) is 0.134. The second-order valence-corrected chi connectivity index (χ2v) is 12.0. The highest BCUT2D eigenvalue weighted by Crippen LogP contribution is 2.27. The van der Waals surface area contributed by atoms with E-state index in [-0.39, 0.29) is 18.7 Å². The molecule has 5 N–H and O–H groups in total. The van der Waals surface area contributed by atoms with Crippen LogP contribution in [-0.4, -0.2) is 73.1 Å². The number of carbonyl (C=O) groups excluding carboxylic acids is 1. The Morgan fingerprint density at radius 1 is 1.11 bits per heavy atom. The number of nitrogens with zero attached hydrogens (tertiary/aromatic N) is 1. The third-order valence-corrected chi connectivity index (χ3v) is 8.20. The van der Waals surface area contributed by atoms with E-state index in [2.05, 4.69) is 11.9 Å². The number of cyclic esters (lactones) is 1. The normalized spacial score (nSPS) is 29.4. The molecule has 0 radical (unpaired) electrons. The monoisotopic (exact) mass is 615 g/mol. The second kappa shape index (κ2) is 18.9. The van der Waals surface area contributed by atoms with Crippen molar-refractivity contribution in [1.82, 2.24) is 4.98 Å². The Kier molecular flexibility index (Phi) is 16.0. The number of aliphatic hydroxyl groups excluding tert-OH is 5. The van der Waals surface area contributed by atoms with Crippen LogP contribution in [0.25, 0.3) is 6.08 Å². The van der Waals surface area contributed by atoms with Crippen LogP contribution in [0, 0.1) is 5.92 Å². The zero-order valence-electron chi connectivity index (χ0n) is 27.1. The number of fused-ring (bicyclic) bond motifs is 2. The third kappa shape index (κ3) is 11.6. The Morgan fingerprint density at radius 3 is 2.52 bits per heavy atom. The SMILES string of the molecule is C/C=C(C)/C=C(\C)[C@@H](O)[C@H](C)[C@@H](O)[C@@H]1OC(=O)/C(CCCCCC)=C/c2coc(n2)[C@H](C)[C@@H](O)C[C@H](O)/C=C/C=C\C[C@@H]1O. The molecule has 0 unspecified atom stereocenters. The van der Waals surface area contributed by atoms with Crippen LogP contribution < -0.4 is 0 Å². The van der Waals surface area contributed by atoms with Crippen LogP contribution in [0.15, 0.2) is 63.9 Å². The first kappa shape index (κ1) is 37.4. The molecule has 8 atom stereocenters. The minimum absolute atomic E-state index is 0.0343. The highest BCUT2D eigenvalue weighted by Gasteiger charge is 2.37. The van der Waals surface area contributed by atoms with Crippen LogP contribution in [0.5, 0.6) is 0 Å². The highest BCUT2D eigenvalue weighted by molar-refractivity contribution is 5.93. The minimum atomic E-state index is -1.39. The molecule has 0 aromatic carbocycles. The Morgan fingerprint density at radius 2 is 1.84 bits per heavy atom. The summed E-state index contributed by atoms with van der Waals surface area (Å²) in [5.74, 6) is -1.72. The van der Waals surface area contributed by atoms with Crippen molar-refractivity contribution in [2.75, 3.05) is 0 Å². The van der Waals surface area contributed by atoms with Crippen LogP contribution in [0.4, 0.5) is 0 Å². The Balaban J connectivity index is 2.50. The predicted molar refractivity (Wildman–Crippen MR) is 171 cm³/mol. The summed E-state index contributed by atoms with van der Waals surface area (Å²) in [6, 6.07) is 0. The van der Waals surface area contributed by atoms with E-state index in [1.54, 1.807) is 45.1 Å². The summed E-state index contributed by atoms with van der Waals surface area (Å²) in [7, 11) is 0. The highest BCUT2D eigenvalue weighted by atomic mass is 16.6. The van der Waals surface area contributed by atoms with Gasteiger partial charge in [0.1, 0.15) is 12.0 Å². The predicted octanol–water partition coefficient (Wildman–Crippen LogP) is 5.30. The van der Waals surface area contributed by atoms with Gasteiger partial charge in [-0.05, 0) is 51.7 Å². The van der Waals surface area contributed by atoms with E-state index in [0.29, 0.717) is 23.3 Å². The topological polar surface area (TPSA) is 153 Å². The fourth-order valence-corrected chi connectivity index (χ4v) is 5.05. The number of hydrogen-bond acceptors (Lipinski definition) is 9. The zero-order chi connectivity index (χ0) is 32.8. The molecular formula is C35H53NO8. The van der Waals surface area contributed by atoms with Gasteiger partial charge in [0.05, 0.1) is 36.4 Å². The number of oxazole rings is 1. The molecule has 44 heavy (non-hydrogen) atoms. The number of ether oxygens (including phenoxy) is 1. The molecule has 0 saturated carbocycles. The van der Waals surface area contributed by atoms with Gasteiger partial charge in [0.15, 0.2) is 12.0 Å². The summed E-state index contributed by atoms with van der Waals surface area (Å²) in [5, 5.41) is 54.7. The number of unbranched alkanes of at least 4 members (excludes halogenated alkanes) is 3. The molecule has 9 nitrogen and oxygen atoms in total. The van der Waals surface area contributed by atoms with Crippen LogP contribution in [0.3, 0.4) is 0 Å². The molecule has 0 spiro atoms. The summed E-state index contributed by atoms with van der Waals surface area (Å²) in [4.78, 5) is 18.1. The molecule has 1 aliphatic heterocycles. The number of esters is 1. The van der Waals surface area contributed by atoms with E-state index >= 15 is 0 Å². The van der Waals surface area contributed by atoms with Crippen LogP contribution in [0.1, 0.15) is 104 Å². The molecule has 9 heteroatoms. The van der Waals surface area contributed by atoms with Crippen molar-refractivity contribution in [3.63, 3.8) is 0 Å². The molecule has 0 aliphatic carbocycles. The first-order chi connectivity index (χ1) is 20.9. The average Bonchev–Trinajstić information content (AvgIpc) is 3.47. The molecule has 0 amide bonds. The van der Waals surface area contributed by atoms with Crippen LogP contribution >= 0.6 is 0 Å². The summed E-state index contributed by atoms with van der Waals surface area (Å²) in [6.07, 6.45) is 10.3. The van der Waals surface area contributed by atoms with Crippen molar-refractivity contribution in [2.45, 2.75) is 129 Å². The van der Waals surface area contributed by atoms with E-state index in [1.807, 2.05) is 26.0 Å². The van der Waals surface area contributed by atoms with Crippen molar-refractivity contribution in [1.29, 1.82) is 0 Å². The lowest BCUT2D eigenvalue weighted by atomic mass is 9.87. The smallest absolute Gasteiger partial charge is 0.334 e. The molecule has 0 fully saturated rings. The van der Waals surface area contributed by atoms with Crippen molar-refractivity contribution in [2.24, 2.45) is 5.92 Å². The van der Waals surface area contributed by atoms with Crippen molar-refractivity contribution in [3.8, 4) is 0 Å². The number of aromatic nitrogens is 1. The molecule has 1 aromatic heterocycles. The summed E-state index contributed by atoms with van der Waals surface area (Å²) < 4.78 is 11.5. The summed E-state index contributed by atoms with van der Waals surface area (Å²) in [5.41, 5.74) is 2.26. The van der Waals surface area contributed by atoms with E-state index in [9.17, 15) is 30.3 Å². The average molecular weight is 616 g/mol. The van der Waals surface area contributed by atoms with E-state index in [0.717, 1.165) is 31.3 Å². The van der Waals surface area contributed by atoms with Gasteiger partial charge in [0, 0.05) is 17.9 Å². The number of aliphatic hydroxyl groups is 5. The van der Waals surface area contributed by atoms with Gasteiger partial charge in [-0.2, -0.15) is 0 Å². The van der Waals surface area contributed by atoms with E-state index < -0.39 is 54.4 Å². The van der Waals surface area contributed by atoms with Gasteiger partial charge in [-0.15, -0.1) is 0 Å². The molecule has 1 aromatic rings. The largest absolute Gasteiger partial charge is 0.453 e. The molecule has 2 heterocycles. The van der Waals surface area contributed by atoms with Crippen LogP contribution in [-0.2, 0) is 9.53 Å². The molecule has 2 bridgehead atoms. The molecular weight excluding hydrogens is 562 g/mol. The van der Waals surface area contributed by atoms with Gasteiger partial charge in [-0.25, -0.2) is 9.78 Å². The van der Waals surface area contributed by atoms with Gasteiger partial charge in [-0.3, -0.25) is 0 Å². The minimum Gasteiger partial charge on any atom is -0.453 e. The first-order valence-electron chi connectivity index (χ1n) is 15.8. The lowest BCUT2D eigenvalue weighted by Gasteiger charge is -2.33. The molecule has 0 saturated heterocycles. The van der Waals surface area contributed by atoms with Crippen molar-refractivity contribution in [3.05, 3.63) is 71.0 Å². The van der Waals surface area contributed by atoms with Crippen LogP contribution in [0.2, 0.25) is 0 Å². The van der Waals surface area contributed by atoms with Gasteiger partial charge >= 0.3 is 5.97 Å². The zero-order valence-corrected chi connectivity index (χ0v) is 27.1. The first-order valence-corrected chi connectivity index (χ1v) is 15.8. The number of allylic oxidation sites excluding steroid dienone is 5. The Labute approximate surface area is 262 Å². The molecule has 1 aliphatic rings. The summed E-state index contributed by atoms with van der Waals surface area (Å²) in [6.45, 7) is 11.1. The third-order valence-electron chi connectivity index (χ3n) is 8.20. The van der Waals surface area contributed by atoms with Crippen molar-refractivity contribution < 1.29 is 39.5 Å². The molecule has 2 rings (SSSR count). The lowest BCUT2D eigenvalue weighted by molar-refractivity contribution is -0.165. The van der Waals surface area contributed by atoms with E-state index in [4.69, 9.17) is 9.15 Å². The molecule has 246 valence electrons. The van der Waals surface area contributed by atoms with Gasteiger partial charge in [0.2, 0.25) is 0 Å². The second-order valence-electron chi connectivity index (χ2n) is 12.0. The Bertz CT molecular complexity index is 1180. The standard InChI is InChI=1S/C35H53NO8/c1-7-9-10-12-15-26-19-27-21-43-34(36-27)24(5)30(39)20-28(37)16-13-11-14-17-29(38)33(44-35(26)42)32(41)25(6)31(40)23(4)18-22(3)8-2/h8,11,13-14,16,18-19,21,24-25,28-33,37-41H,7,9-10,12,15,17,20H2,1-6H3/b14-11-,16-13+,22-8+,23-18+,26-19+/t24-,25+,28-,29+,30+,31-,32-,33-/m1/s1. The lowest BCUT2D eigenvalue weighted by Crippen LogP contribution is -2.47. The van der Waals surface area contributed by atoms with E-state index in [1.165, 1.54) is 12.3 Å². The fourth-order valence-electron chi connectivity index (χ4n) is 5.05.